The van der Waals surface area contributed by atoms with Crippen LogP contribution in [-0.2, 0) is 16.6 Å². The number of aromatic carboxylic acids is 1. The Balaban J connectivity index is 3.11. The van der Waals surface area contributed by atoms with E-state index in [4.69, 9.17) is 10.4 Å². The molecule has 0 aliphatic heterocycles. The molecule has 0 spiro atoms. The topological polar surface area (TPSA) is 112 Å². The Hall–Kier alpha value is -1.85. The van der Waals surface area contributed by atoms with Crippen molar-refractivity contribution in [3.8, 4) is 6.07 Å². The third-order valence-corrected chi connectivity index (χ3v) is 4.51. The Morgan fingerprint density at radius 2 is 2.19 bits per heavy atom. The summed E-state index contributed by atoms with van der Waals surface area (Å²) in [5, 5.41) is 17.8. The number of aromatic nitrogens is 1. The number of sulfonamides is 1. The molecule has 0 radical (unpaired) electrons. The number of carboxylic acids is 1. The standard InChI is InChI=1S/C13H19N3O4S/c1-3-7-16-9-11(8-12(16)13(17)18)21(19,20)15-10(4-2)5-6-14/h8-10,15H,3-5,7H2,1-2H3,(H,17,18). The van der Waals surface area contributed by atoms with E-state index in [1.165, 1.54) is 10.8 Å². The van der Waals surface area contributed by atoms with Gasteiger partial charge in [-0.15, -0.1) is 0 Å². The number of carbonyl (C=O) groups is 1. The summed E-state index contributed by atoms with van der Waals surface area (Å²) in [7, 11) is -3.83. The van der Waals surface area contributed by atoms with Crippen molar-refractivity contribution < 1.29 is 18.3 Å². The molecule has 0 aromatic carbocycles. The van der Waals surface area contributed by atoms with Crippen molar-refractivity contribution in [1.82, 2.24) is 9.29 Å². The van der Waals surface area contributed by atoms with Crippen LogP contribution in [0.3, 0.4) is 0 Å². The van der Waals surface area contributed by atoms with Crippen LogP contribution in [0.25, 0.3) is 0 Å². The molecule has 0 saturated carbocycles. The summed E-state index contributed by atoms with van der Waals surface area (Å²) in [5.74, 6) is -1.17. The average Bonchev–Trinajstić information content (AvgIpc) is 2.83. The second-order valence-corrected chi connectivity index (χ2v) is 6.36. The Morgan fingerprint density at radius 3 is 2.67 bits per heavy atom. The molecule has 1 rings (SSSR count). The molecule has 116 valence electrons. The maximum absolute atomic E-state index is 12.2. The van der Waals surface area contributed by atoms with E-state index in [1.807, 2.05) is 13.0 Å². The van der Waals surface area contributed by atoms with Crippen molar-refractivity contribution in [3.63, 3.8) is 0 Å². The zero-order valence-electron chi connectivity index (χ0n) is 12.0. The number of nitriles is 1. The van der Waals surface area contributed by atoms with Crippen LogP contribution in [0.4, 0.5) is 0 Å². The molecule has 8 heteroatoms. The van der Waals surface area contributed by atoms with Crippen LogP contribution in [0, 0.1) is 11.3 Å². The van der Waals surface area contributed by atoms with Gasteiger partial charge in [-0.25, -0.2) is 17.9 Å². The fourth-order valence-corrected chi connectivity index (χ4v) is 3.26. The van der Waals surface area contributed by atoms with Gasteiger partial charge in [-0.3, -0.25) is 0 Å². The van der Waals surface area contributed by atoms with Gasteiger partial charge in [0.2, 0.25) is 10.0 Å². The summed E-state index contributed by atoms with van der Waals surface area (Å²) in [4.78, 5) is 11.0. The van der Waals surface area contributed by atoms with Gasteiger partial charge in [-0.2, -0.15) is 5.26 Å². The van der Waals surface area contributed by atoms with Crippen molar-refractivity contribution in [2.24, 2.45) is 0 Å². The molecular weight excluding hydrogens is 294 g/mol. The second kappa shape index (κ2) is 7.24. The van der Waals surface area contributed by atoms with Gasteiger partial charge < -0.3 is 9.67 Å². The average molecular weight is 313 g/mol. The lowest BCUT2D eigenvalue weighted by Gasteiger charge is -2.12. The zero-order chi connectivity index (χ0) is 16.0. The lowest BCUT2D eigenvalue weighted by molar-refractivity contribution is 0.0685. The van der Waals surface area contributed by atoms with Gasteiger partial charge in [0.05, 0.1) is 12.5 Å². The highest BCUT2D eigenvalue weighted by Crippen LogP contribution is 2.16. The molecule has 21 heavy (non-hydrogen) atoms. The molecule has 7 nitrogen and oxygen atoms in total. The lowest BCUT2D eigenvalue weighted by atomic mass is 10.2. The summed E-state index contributed by atoms with van der Waals surface area (Å²) < 4.78 is 28.3. The predicted molar refractivity (Wildman–Crippen MR) is 76.3 cm³/mol. The van der Waals surface area contributed by atoms with E-state index in [0.29, 0.717) is 19.4 Å². The highest BCUT2D eigenvalue weighted by atomic mass is 32.2. The van der Waals surface area contributed by atoms with Crippen molar-refractivity contribution in [2.75, 3.05) is 0 Å². The Labute approximate surface area is 124 Å². The normalized spacial score (nSPS) is 12.8. The lowest BCUT2D eigenvalue weighted by Crippen LogP contribution is -2.33. The van der Waals surface area contributed by atoms with Crippen molar-refractivity contribution in [2.45, 2.75) is 50.6 Å². The van der Waals surface area contributed by atoms with Crippen molar-refractivity contribution in [1.29, 1.82) is 5.26 Å². The third kappa shape index (κ3) is 4.31. The SMILES string of the molecule is CCCn1cc(S(=O)(=O)NC(CC)CC#N)cc1C(=O)O. The van der Waals surface area contributed by atoms with Gasteiger partial charge in [0.25, 0.3) is 0 Å². The molecule has 1 atom stereocenters. The molecule has 0 fully saturated rings. The summed E-state index contributed by atoms with van der Waals surface area (Å²) in [6.07, 6.45) is 2.55. The van der Waals surface area contributed by atoms with E-state index in [-0.39, 0.29) is 17.0 Å². The van der Waals surface area contributed by atoms with Crippen LogP contribution in [0.2, 0.25) is 0 Å². The van der Waals surface area contributed by atoms with Gasteiger partial charge in [-0.1, -0.05) is 13.8 Å². The quantitative estimate of drug-likeness (QED) is 0.756. The number of hydrogen-bond donors (Lipinski definition) is 2. The number of rotatable bonds is 8. The number of nitrogens with one attached hydrogen (secondary N) is 1. The number of nitrogens with zero attached hydrogens (tertiary/aromatic N) is 2. The fraction of sp³-hybridized carbons (Fsp3) is 0.538. The number of aryl methyl sites for hydroxylation is 1. The van der Waals surface area contributed by atoms with Crippen molar-refractivity contribution >= 4 is 16.0 Å². The molecule has 1 aromatic rings. The van der Waals surface area contributed by atoms with Crippen LogP contribution in [0.1, 0.15) is 43.6 Å². The first-order valence-corrected chi connectivity index (χ1v) is 8.16. The predicted octanol–water partition coefficient (Wildman–Crippen LogP) is 1.57. The fourth-order valence-electron chi connectivity index (χ4n) is 1.90. The molecule has 1 unspecified atom stereocenters. The van der Waals surface area contributed by atoms with E-state index in [1.54, 1.807) is 6.92 Å². The summed E-state index contributed by atoms with van der Waals surface area (Å²) in [6, 6.07) is 2.58. The minimum absolute atomic E-state index is 0.0643. The zero-order valence-corrected chi connectivity index (χ0v) is 12.9. The smallest absolute Gasteiger partial charge is 0.352 e. The minimum Gasteiger partial charge on any atom is -0.477 e. The summed E-state index contributed by atoms with van der Waals surface area (Å²) in [6.45, 7) is 4.07. The van der Waals surface area contributed by atoms with E-state index < -0.39 is 22.0 Å². The van der Waals surface area contributed by atoms with Gasteiger partial charge in [-0.05, 0) is 18.9 Å². The minimum atomic E-state index is -3.83. The molecule has 0 bridgehead atoms. The maximum Gasteiger partial charge on any atom is 0.352 e. The van der Waals surface area contributed by atoms with Crippen LogP contribution in [0.5, 0.6) is 0 Å². The summed E-state index contributed by atoms with van der Waals surface area (Å²) >= 11 is 0. The van der Waals surface area contributed by atoms with Crippen LogP contribution < -0.4 is 4.72 Å². The monoisotopic (exact) mass is 313 g/mol. The van der Waals surface area contributed by atoms with Crippen LogP contribution in [-0.4, -0.2) is 30.1 Å². The first-order valence-electron chi connectivity index (χ1n) is 6.68. The van der Waals surface area contributed by atoms with E-state index in [9.17, 15) is 13.2 Å². The highest BCUT2D eigenvalue weighted by molar-refractivity contribution is 7.89. The number of hydrogen-bond acceptors (Lipinski definition) is 4. The molecule has 0 amide bonds. The largest absolute Gasteiger partial charge is 0.477 e. The molecule has 0 aliphatic carbocycles. The molecule has 1 heterocycles. The van der Waals surface area contributed by atoms with E-state index in [0.717, 1.165) is 6.07 Å². The van der Waals surface area contributed by atoms with Gasteiger partial charge in [0.15, 0.2) is 0 Å². The van der Waals surface area contributed by atoms with E-state index in [2.05, 4.69) is 4.72 Å². The first-order chi connectivity index (χ1) is 9.85. The maximum atomic E-state index is 12.2. The third-order valence-electron chi connectivity index (χ3n) is 3.02. The summed E-state index contributed by atoms with van der Waals surface area (Å²) in [5.41, 5.74) is -0.0643. The highest BCUT2D eigenvalue weighted by Gasteiger charge is 2.23. The van der Waals surface area contributed by atoms with Crippen LogP contribution >= 0.6 is 0 Å². The Morgan fingerprint density at radius 1 is 1.52 bits per heavy atom. The first kappa shape index (κ1) is 17.2. The molecule has 0 aliphatic rings. The van der Waals surface area contributed by atoms with E-state index >= 15 is 0 Å². The Bertz CT molecular complexity index is 643. The molecular formula is C13H19N3O4S. The second-order valence-electron chi connectivity index (χ2n) is 4.65. The van der Waals surface area contributed by atoms with Gasteiger partial charge in [0, 0.05) is 18.8 Å². The van der Waals surface area contributed by atoms with Crippen LogP contribution in [0.15, 0.2) is 17.2 Å². The molecule has 0 saturated heterocycles. The van der Waals surface area contributed by atoms with Gasteiger partial charge >= 0.3 is 5.97 Å². The Kier molecular flexibility index (Phi) is 5.93. The molecule has 1 aromatic heterocycles. The molecule has 2 N–H and O–H groups in total. The van der Waals surface area contributed by atoms with Crippen molar-refractivity contribution in [3.05, 3.63) is 18.0 Å². The number of carboxylic acid groups (broad SMARTS) is 1. The van der Waals surface area contributed by atoms with Gasteiger partial charge in [0.1, 0.15) is 10.6 Å².